The van der Waals surface area contributed by atoms with E-state index in [0.29, 0.717) is 0 Å². The number of aromatic nitrogens is 2. The van der Waals surface area contributed by atoms with Gasteiger partial charge >= 0.3 is 0 Å². The van der Waals surface area contributed by atoms with E-state index in [0.717, 1.165) is 55.6 Å². The Morgan fingerprint density at radius 2 is 0.966 bits per heavy atom. The van der Waals surface area contributed by atoms with Crippen LogP contribution in [0.1, 0.15) is 11.5 Å². The van der Waals surface area contributed by atoms with Crippen LogP contribution in [0, 0.1) is 0 Å². The summed E-state index contributed by atoms with van der Waals surface area (Å²) in [6.45, 7) is 0. The molecule has 0 fully saturated rings. The summed E-state index contributed by atoms with van der Waals surface area (Å²) in [5.41, 5.74) is 14.7. The summed E-state index contributed by atoms with van der Waals surface area (Å²) in [7, 11) is 0. The summed E-state index contributed by atoms with van der Waals surface area (Å²) in [6.07, 6.45) is 8.69. The molecule has 4 nitrogen and oxygen atoms in total. The molecule has 0 radical (unpaired) electrons. The summed E-state index contributed by atoms with van der Waals surface area (Å²) in [5.74, 6) is 1.15. The van der Waals surface area contributed by atoms with Gasteiger partial charge < -0.3 is 18.3 Å². The Morgan fingerprint density at radius 3 is 1.67 bits per heavy atom. The Morgan fingerprint density at radius 1 is 0.379 bits per heavy atom. The Balaban J connectivity index is 1.13. The predicted octanol–water partition coefficient (Wildman–Crippen LogP) is 14.1. The standard InChI is InChI=1S/C54H34N2O2/c1-3-11-33(12-4-1)35-19-23-47-41(27-35)43-31-44-42-28-36(34-13-5-2-6-14-34)20-24-48(42)56(38-22-26-54-46(30-38)40-16-8-10-18-52(40)58-54)50(44)32-49(43)55(47)37-21-25-53-45(29-37)39-15-7-9-17-51(39)57-53/h1-32,39,51H. The second-order valence-corrected chi connectivity index (χ2v) is 15.6. The van der Waals surface area contributed by atoms with E-state index in [1.165, 1.54) is 54.9 Å². The fourth-order valence-corrected chi connectivity index (χ4v) is 9.73. The minimum absolute atomic E-state index is 0.0302. The number of para-hydroxylation sites is 1. The lowest BCUT2D eigenvalue weighted by molar-refractivity contribution is 0.269. The Bertz CT molecular complexity index is 3550. The maximum absolute atomic E-state index is 6.41. The van der Waals surface area contributed by atoms with Crippen LogP contribution in [-0.2, 0) is 0 Å². The SMILES string of the molecule is C1=CC2Oc3ccc(-n4c5ccc(-c6ccccc6)cc5c5cc6c7cc(-c8ccccc8)ccc7n(-c7ccc8oc9ccccc9c8c7)c6cc54)cc3C2C=C1. The minimum Gasteiger partial charge on any atom is -0.485 e. The van der Waals surface area contributed by atoms with Crippen LogP contribution in [0.3, 0.4) is 0 Å². The molecule has 3 aromatic heterocycles. The summed E-state index contributed by atoms with van der Waals surface area (Å²) in [6, 6.07) is 61.8. The first-order valence-corrected chi connectivity index (χ1v) is 20.0. The first kappa shape index (κ1) is 31.6. The zero-order valence-electron chi connectivity index (χ0n) is 31.3. The van der Waals surface area contributed by atoms with Crippen LogP contribution in [0.2, 0.25) is 0 Å². The van der Waals surface area contributed by atoms with Gasteiger partial charge in [0.15, 0.2) is 0 Å². The molecule has 4 heterocycles. The lowest BCUT2D eigenvalue weighted by Gasteiger charge is -2.14. The molecule has 2 unspecified atom stereocenters. The van der Waals surface area contributed by atoms with Crippen molar-refractivity contribution in [3.63, 3.8) is 0 Å². The average Bonchev–Trinajstić information content (AvgIpc) is 4.03. The zero-order valence-corrected chi connectivity index (χ0v) is 31.3. The summed E-state index contributed by atoms with van der Waals surface area (Å²) in [4.78, 5) is 0. The van der Waals surface area contributed by atoms with Gasteiger partial charge in [-0.2, -0.15) is 0 Å². The number of nitrogens with zero attached hydrogens (tertiary/aromatic N) is 2. The molecular formula is C54H34N2O2. The Kier molecular flexibility index (Phi) is 6.53. The van der Waals surface area contributed by atoms with E-state index in [-0.39, 0.29) is 12.0 Å². The molecule has 272 valence electrons. The van der Waals surface area contributed by atoms with Crippen molar-refractivity contribution >= 4 is 65.6 Å². The topological polar surface area (TPSA) is 32.2 Å². The van der Waals surface area contributed by atoms with Gasteiger partial charge in [-0.1, -0.05) is 109 Å². The van der Waals surface area contributed by atoms with Crippen LogP contribution < -0.4 is 4.74 Å². The number of allylic oxidation sites excluding steroid dienone is 2. The molecular weight excluding hydrogens is 709 g/mol. The van der Waals surface area contributed by atoms with Crippen LogP contribution in [0.4, 0.5) is 0 Å². The molecule has 0 spiro atoms. The van der Waals surface area contributed by atoms with E-state index in [4.69, 9.17) is 9.15 Å². The highest BCUT2D eigenvalue weighted by Gasteiger charge is 2.32. The predicted molar refractivity (Wildman–Crippen MR) is 239 cm³/mol. The van der Waals surface area contributed by atoms with Gasteiger partial charge in [0, 0.05) is 55.2 Å². The first-order valence-electron chi connectivity index (χ1n) is 20.0. The molecule has 0 amide bonds. The molecule has 0 bridgehead atoms. The van der Waals surface area contributed by atoms with Gasteiger partial charge in [0.25, 0.3) is 0 Å². The van der Waals surface area contributed by atoms with Crippen molar-refractivity contribution in [1.29, 1.82) is 0 Å². The van der Waals surface area contributed by atoms with E-state index >= 15 is 0 Å². The fourth-order valence-electron chi connectivity index (χ4n) is 9.73. The number of hydrogen-bond donors (Lipinski definition) is 0. The molecule has 1 aliphatic heterocycles. The van der Waals surface area contributed by atoms with Crippen molar-refractivity contribution < 1.29 is 9.15 Å². The molecule has 13 rings (SSSR count). The van der Waals surface area contributed by atoms with Crippen molar-refractivity contribution in [2.24, 2.45) is 0 Å². The van der Waals surface area contributed by atoms with Gasteiger partial charge in [-0.25, -0.2) is 0 Å². The molecule has 0 saturated carbocycles. The highest BCUT2D eigenvalue weighted by Crippen LogP contribution is 2.45. The maximum atomic E-state index is 6.41. The first-order chi connectivity index (χ1) is 28.7. The normalized spacial score (nSPS) is 15.9. The van der Waals surface area contributed by atoms with Crippen molar-refractivity contribution in [3.8, 4) is 39.4 Å². The van der Waals surface area contributed by atoms with Crippen LogP contribution in [0.15, 0.2) is 199 Å². The number of furan rings is 1. The largest absolute Gasteiger partial charge is 0.485 e. The van der Waals surface area contributed by atoms with Gasteiger partial charge in [0.05, 0.1) is 22.1 Å². The highest BCUT2D eigenvalue weighted by molar-refractivity contribution is 6.20. The third-order valence-electron chi connectivity index (χ3n) is 12.4. The fraction of sp³-hybridized carbons (Fsp3) is 0.0370. The van der Waals surface area contributed by atoms with Gasteiger partial charge in [0.1, 0.15) is 23.0 Å². The monoisotopic (exact) mass is 742 g/mol. The number of fused-ring (bicyclic) bond motifs is 12. The minimum atomic E-state index is 0.0302. The highest BCUT2D eigenvalue weighted by atomic mass is 16.5. The maximum Gasteiger partial charge on any atom is 0.135 e. The molecule has 4 heteroatoms. The van der Waals surface area contributed by atoms with Crippen LogP contribution in [0.5, 0.6) is 5.75 Å². The van der Waals surface area contributed by atoms with E-state index in [1.807, 2.05) is 12.1 Å². The number of benzene rings is 8. The van der Waals surface area contributed by atoms with E-state index in [2.05, 4.69) is 191 Å². The molecule has 0 saturated heterocycles. The van der Waals surface area contributed by atoms with Crippen molar-refractivity contribution in [3.05, 3.63) is 200 Å². The molecule has 58 heavy (non-hydrogen) atoms. The summed E-state index contributed by atoms with van der Waals surface area (Å²) >= 11 is 0. The molecule has 2 aliphatic rings. The number of hydrogen-bond acceptors (Lipinski definition) is 2. The second kappa shape index (κ2) is 12.0. The number of rotatable bonds is 4. The van der Waals surface area contributed by atoms with Gasteiger partial charge in [-0.15, -0.1) is 0 Å². The Hall–Kier alpha value is -7.56. The third-order valence-corrected chi connectivity index (χ3v) is 12.4. The zero-order chi connectivity index (χ0) is 37.9. The van der Waals surface area contributed by atoms with Crippen molar-refractivity contribution in [2.45, 2.75) is 12.0 Å². The third kappa shape index (κ3) is 4.57. The van der Waals surface area contributed by atoms with E-state index in [9.17, 15) is 0 Å². The lowest BCUT2D eigenvalue weighted by atomic mass is 9.92. The summed E-state index contributed by atoms with van der Waals surface area (Å²) < 4.78 is 17.6. The molecule has 0 N–H and O–H groups in total. The van der Waals surface area contributed by atoms with Crippen LogP contribution in [0.25, 0.3) is 99.2 Å². The van der Waals surface area contributed by atoms with Crippen molar-refractivity contribution in [2.75, 3.05) is 0 Å². The van der Waals surface area contributed by atoms with Gasteiger partial charge in [-0.05, 0) is 107 Å². The second-order valence-electron chi connectivity index (χ2n) is 15.6. The van der Waals surface area contributed by atoms with E-state index < -0.39 is 0 Å². The van der Waals surface area contributed by atoms with Gasteiger partial charge in [-0.3, -0.25) is 0 Å². The molecule has 11 aromatic rings. The van der Waals surface area contributed by atoms with Crippen LogP contribution >= 0.6 is 0 Å². The van der Waals surface area contributed by atoms with Gasteiger partial charge in [0.2, 0.25) is 0 Å². The van der Waals surface area contributed by atoms with E-state index in [1.54, 1.807) is 0 Å². The molecule has 8 aromatic carbocycles. The quantitative estimate of drug-likeness (QED) is 0.180. The summed E-state index contributed by atoms with van der Waals surface area (Å²) in [5, 5.41) is 7.10. The van der Waals surface area contributed by atoms with Crippen molar-refractivity contribution in [1.82, 2.24) is 9.13 Å². The number of ether oxygens (including phenoxy) is 1. The average molecular weight is 743 g/mol. The smallest absolute Gasteiger partial charge is 0.135 e. The molecule has 1 aliphatic carbocycles. The molecule has 2 atom stereocenters. The Labute approximate surface area is 333 Å². The van der Waals surface area contributed by atoms with Crippen LogP contribution in [-0.4, -0.2) is 15.2 Å². The lowest BCUT2D eigenvalue weighted by Crippen LogP contribution is -2.15.